The van der Waals surface area contributed by atoms with Gasteiger partial charge in [-0.1, -0.05) is 13.8 Å². The molecule has 0 aliphatic rings. The number of fused-ring (bicyclic) bond motifs is 2. The van der Waals surface area contributed by atoms with Crippen molar-refractivity contribution in [3.63, 3.8) is 0 Å². The van der Waals surface area contributed by atoms with Crippen LogP contribution in [0.2, 0.25) is 0 Å². The van der Waals surface area contributed by atoms with Crippen molar-refractivity contribution in [2.75, 3.05) is 0 Å². The number of imidazole rings is 2. The molecule has 26 heavy (non-hydrogen) atoms. The molecule has 0 unspecified atom stereocenters. The monoisotopic (exact) mass is 352 g/mol. The molecule has 8 heteroatoms. The van der Waals surface area contributed by atoms with Gasteiger partial charge in [0, 0.05) is 12.4 Å². The Hall–Kier alpha value is -3.16. The van der Waals surface area contributed by atoms with Crippen LogP contribution in [0.3, 0.4) is 0 Å². The zero-order valence-electron chi connectivity index (χ0n) is 15.1. The summed E-state index contributed by atoms with van der Waals surface area (Å²) in [4.78, 5) is 18.4. The van der Waals surface area contributed by atoms with Gasteiger partial charge in [0.25, 0.3) is 0 Å². The number of aryl methyl sites for hydroxylation is 4. The molecule has 0 radical (unpaired) electrons. The maximum absolute atomic E-state index is 10.3. The smallest absolute Gasteiger partial charge is 0.219 e. The topological polar surface area (TPSA) is 101 Å². The molecule has 4 aromatic rings. The number of aromatic nitrogens is 6. The van der Waals surface area contributed by atoms with E-state index in [0.717, 1.165) is 11.4 Å². The van der Waals surface area contributed by atoms with Gasteiger partial charge in [-0.25, -0.2) is 19.9 Å². The van der Waals surface area contributed by atoms with E-state index in [1.165, 1.54) is 0 Å². The lowest BCUT2D eigenvalue weighted by Crippen LogP contribution is -2.03. The van der Waals surface area contributed by atoms with Crippen LogP contribution in [0.25, 0.3) is 22.7 Å². The molecule has 0 saturated heterocycles. The summed E-state index contributed by atoms with van der Waals surface area (Å²) in [6.07, 6.45) is 4.96. The van der Waals surface area contributed by atoms with E-state index in [0.29, 0.717) is 46.9 Å². The fourth-order valence-electron chi connectivity index (χ4n) is 3.05. The average Bonchev–Trinajstić information content (AvgIpc) is 3.10. The normalized spacial score (nSPS) is 11.7. The van der Waals surface area contributed by atoms with Gasteiger partial charge in [0.05, 0.1) is 11.4 Å². The van der Waals surface area contributed by atoms with Crippen molar-refractivity contribution in [1.29, 1.82) is 0 Å². The molecule has 4 aromatic heterocycles. The summed E-state index contributed by atoms with van der Waals surface area (Å²) in [6, 6.07) is 0. The van der Waals surface area contributed by atoms with E-state index in [1.807, 2.05) is 13.8 Å². The molecule has 134 valence electrons. The maximum Gasteiger partial charge on any atom is 0.219 e. The van der Waals surface area contributed by atoms with E-state index >= 15 is 0 Å². The van der Waals surface area contributed by atoms with Gasteiger partial charge in [-0.05, 0) is 26.7 Å². The largest absolute Gasteiger partial charge is 0.493 e. The predicted molar refractivity (Wildman–Crippen MR) is 96.5 cm³/mol. The van der Waals surface area contributed by atoms with Crippen LogP contribution in [0.15, 0.2) is 12.4 Å². The molecule has 0 spiro atoms. The number of aromatic hydroxyl groups is 2. The molecule has 8 nitrogen and oxygen atoms in total. The Kier molecular flexibility index (Phi) is 3.57. The number of nitrogens with zero attached hydrogens (tertiary/aromatic N) is 6. The van der Waals surface area contributed by atoms with E-state index in [2.05, 4.69) is 9.97 Å². The molecule has 0 fully saturated rings. The summed E-state index contributed by atoms with van der Waals surface area (Å²) in [6.45, 7) is 7.48. The summed E-state index contributed by atoms with van der Waals surface area (Å²) in [5, 5.41) is 20.7. The van der Waals surface area contributed by atoms with Crippen LogP contribution in [-0.4, -0.2) is 39.0 Å². The van der Waals surface area contributed by atoms with E-state index in [-0.39, 0.29) is 11.8 Å². The standard InChI is InChI=1S/C18H20N6O2/c1-5-11-7-23-15(19-9(3)17(23)25)13(21-11)14-16-20-10(4)18(26)24(16)8-12(6-2)22-14/h7-8,25-26H,5-6H2,1-4H3. The summed E-state index contributed by atoms with van der Waals surface area (Å²) in [5.41, 5.74) is 4.75. The SMILES string of the molecule is CCc1cn2c(O)c(C)nc2c(-c2nc(CC)cn3c(O)c(C)nc23)n1. The van der Waals surface area contributed by atoms with E-state index in [4.69, 9.17) is 9.97 Å². The zero-order valence-corrected chi connectivity index (χ0v) is 15.1. The number of hydrogen-bond donors (Lipinski definition) is 2. The number of hydrogen-bond acceptors (Lipinski definition) is 6. The molecule has 0 amide bonds. The fourth-order valence-corrected chi connectivity index (χ4v) is 3.05. The van der Waals surface area contributed by atoms with Crippen molar-refractivity contribution < 1.29 is 10.2 Å². The third kappa shape index (κ3) is 2.22. The molecule has 4 heterocycles. The Bertz CT molecular complexity index is 1070. The first kappa shape index (κ1) is 16.3. The zero-order chi connectivity index (χ0) is 18.6. The third-order valence-electron chi connectivity index (χ3n) is 4.55. The molecule has 0 atom stereocenters. The average molecular weight is 352 g/mol. The van der Waals surface area contributed by atoms with Gasteiger partial charge < -0.3 is 10.2 Å². The fraction of sp³-hybridized carbons (Fsp3) is 0.333. The van der Waals surface area contributed by atoms with E-state index in [1.54, 1.807) is 35.0 Å². The van der Waals surface area contributed by atoms with Crippen LogP contribution in [0.1, 0.15) is 36.6 Å². The molecule has 4 rings (SSSR count). The highest BCUT2D eigenvalue weighted by molar-refractivity contribution is 5.82. The Labute approximate surface area is 149 Å². The van der Waals surface area contributed by atoms with Gasteiger partial charge in [-0.2, -0.15) is 0 Å². The van der Waals surface area contributed by atoms with Crippen LogP contribution < -0.4 is 0 Å². The van der Waals surface area contributed by atoms with Crippen molar-refractivity contribution in [3.8, 4) is 23.1 Å². The van der Waals surface area contributed by atoms with Gasteiger partial charge in [0.1, 0.15) is 22.8 Å². The lowest BCUT2D eigenvalue weighted by atomic mass is 10.2. The van der Waals surface area contributed by atoms with Crippen LogP contribution in [0, 0.1) is 13.8 Å². The Morgan fingerprint density at radius 2 is 1.12 bits per heavy atom. The lowest BCUT2D eigenvalue weighted by Gasteiger charge is -2.09. The first-order valence-corrected chi connectivity index (χ1v) is 8.60. The Morgan fingerprint density at radius 3 is 1.46 bits per heavy atom. The van der Waals surface area contributed by atoms with E-state index < -0.39 is 0 Å². The maximum atomic E-state index is 10.3. The van der Waals surface area contributed by atoms with Crippen molar-refractivity contribution in [1.82, 2.24) is 28.7 Å². The third-order valence-corrected chi connectivity index (χ3v) is 4.55. The van der Waals surface area contributed by atoms with Crippen LogP contribution >= 0.6 is 0 Å². The summed E-state index contributed by atoms with van der Waals surface area (Å²) in [5.74, 6) is 0.173. The highest BCUT2D eigenvalue weighted by Gasteiger charge is 2.21. The van der Waals surface area contributed by atoms with Gasteiger partial charge in [0.15, 0.2) is 11.3 Å². The molecular formula is C18H20N6O2. The molecular weight excluding hydrogens is 332 g/mol. The van der Waals surface area contributed by atoms with Gasteiger partial charge >= 0.3 is 0 Å². The quantitative estimate of drug-likeness (QED) is 0.588. The first-order valence-electron chi connectivity index (χ1n) is 8.60. The molecule has 0 bridgehead atoms. The predicted octanol–water partition coefficient (Wildman–Crippen LogP) is 2.59. The second-order valence-corrected chi connectivity index (χ2v) is 6.30. The minimum absolute atomic E-state index is 0.0865. The Balaban J connectivity index is 2.16. The molecule has 0 aliphatic carbocycles. The number of rotatable bonds is 3. The minimum atomic E-state index is 0.0865. The summed E-state index contributed by atoms with van der Waals surface area (Å²) in [7, 11) is 0. The van der Waals surface area contributed by atoms with Crippen molar-refractivity contribution in [2.45, 2.75) is 40.5 Å². The van der Waals surface area contributed by atoms with Crippen molar-refractivity contribution in [2.24, 2.45) is 0 Å². The van der Waals surface area contributed by atoms with E-state index in [9.17, 15) is 10.2 Å². The highest BCUT2D eigenvalue weighted by Crippen LogP contribution is 2.31. The van der Waals surface area contributed by atoms with Crippen LogP contribution in [-0.2, 0) is 12.8 Å². The second-order valence-electron chi connectivity index (χ2n) is 6.30. The van der Waals surface area contributed by atoms with Gasteiger partial charge in [0.2, 0.25) is 11.8 Å². The van der Waals surface area contributed by atoms with Crippen molar-refractivity contribution >= 4 is 11.3 Å². The van der Waals surface area contributed by atoms with Crippen LogP contribution in [0.4, 0.5) is 0 Å². The minimum Gasteiger partial charge on any atom is -0.493 e. The molecule has 0 aliphatic heterocycles. The van der Waals surface area contributed by atoms with Crippen molar-refractivity contribution in [3.05, 3.63) is 35.2 Å². The van der Waals surface area contributed by atoms with Gasteiger partial charge in [-0.3, -0.25) is 8.80 Å². The highest BCUT2D eigenvalue weighted by atomic mass is 16.3. The molecule has 0 aromatic carbocycles. The molecule has 2 N–H and O–H groups in total. The second kappa shape index (κ2) is 5.69. The molecule has 0 saturated carbocycles. The first-order chi connectivity index (χ1) is 12.4. The Morgan fingerprint density at radius 1 is 0.731 bits per heavy atom. The lowest BCUT2D eigenvalue weighted by molar-refractivity contribution is 0.443. The van der Waals surface area contributed by atoms with Gasteiger partial charge in [-0.15, -0.1) is 0 Å². The van der Waals surface area contributed by atoms with Crippen LogP contribution in [0.5, 0.6) is 11.8 Å². The summed E-state index contributed by atoms with van der Waals surface area (Å²) < 4.78 is 3.26. The summed E-state index contributed by atoms with van der Waals surface area (Å²) >= 11 is 0.